The van der Waals surface area contributed by atoms with Crippen LogP contribution in [0, 0.1) is 0 Å². The number of rotatable bonds is 4. The van der Waals surface area contributed by atoms with Crippen LogP contribution in [0.3, 0.4) is 0 Å². The lowest BCUT2D eigenvalue weighted by molar-refractivity contribution is -0.137. The monoisotopic (exact) mass is 210 g/mol. The molecule has 80 valence electrons. The summed E-state index contributed by atoms with van der Waals surface area (Å²) in [6, 6.07) is 1.41. The van der Waals surface area contributed by atoms with E-state index in [0.717, 1.165) is 0 Å². The Morgan fingerprint density at radius 1 is 1.60 bits per heavy atom. The van der Waals surface area contributed by atoms with Crippen molar-refractivity contribution in [2.75, 3.05) is 0 Å². The summed E-state index contributed by atoms with van der Waals surface area (Å²) in [5.74, 6) is -1.60. The van der Waals surface area contributed by atoms with Crippen LogP contribution in [0.25, 0.3) is 0 Å². The third-order valence-corrected chi connectivity index (χ3v) is 1.53. The number of aromatic nitrogens is 2. The first-order chi connectivity index (χ1) is 7.09. The summed E-state index contributed by atoms with van der Waals surface area (Å²) < 4.78 is 0. The van der Waals surface area contributed by atoms with Crippen molar-refractivity contribution in [1.82, 2.24) is 15.3 Å². The molecule has 0 saturated carbocycles. The third kappa shape index (κ3) is 3.69. The van der Waals surface area contributed by atoms with Gasteiger partial charge in [0.1, 0.15) is 12.0 Å². The van der Waals surface area contributed by atoms with Crippen molar-refractivity contribution in [2.24, 2.45) is 5.73 Å². The minimum absolute atomic E-state index is 0.144. The molecule has 1 heterocycles. The van der Waals surface area contributed by atoms with Crippen molar-refractivity contribution in [2.45, 2.75) is 12.6 Å². The average Bonchev–Trinajstić information content (AvgIpc) is 2.17. The van der Waals surface area contributed by atoms with Crippen LogP contribution in [0.5, 0.6) is 0 Å². The molecular weight excluding hydrogens is 200 g/mol. The van der Waals surface area contributed by atoms with Gasteiger partial charge in [-0.25, -0.2) is 9.97 Å². The maximum Gasteiger partial charge on any atom is 0.306 e. The van der Waals surface area contributed by atoms with Crippen LogP contribution < -0.4 is 11.1 Å². The summed E-state index contributed by atoms with van der Waals surface area (Å²) >= 11 is 0. The molecule has 0 bridgehead atoms. The molecule has 1 unspecified atom stereocenters. The second-order valence-electron chi connectivity index (χ2n) is 2.77. The van der Waals surface area contributed by atoms with Gasteiger partial charge in [-0.15, -0.1) is 0 Å². The summed E-state index contributed by atoms with van der Waals surface area (Å²) in [4.78, 5) is 29.0. The first-order valence-corrected chi connectivity index (χ1v) is 4.14. The minimum atomic E-state index is -1.08. The second-order valence-corrected chi connectivity index (χ2v) is 2.77. The zero-order valence-electron chi connectivity index (χ0n) is 7.75. The second kappa shape index (κ2) is 5.01. The molecule has 1 amide bonds. The number of amides is 1. The average molecular weight is 210 g/mol. The number of carbonyl (C=O) groups is 2. The third-order valence-electron chi connectivity index (χ3n) is 1.53. The molecule has 1 rings (SSSR count). The van der Waals surface area contributed by atoms with Gasteiger partial charge in [-0.3, -0.25) is 9.59 Å². The number of aliphatic carboxylic acids is 1. The first-order valence-electron chi connectivity index (χ1n) is 4.14. The molecule has 0 saturated heterocycles. The molecule has 0 spiro atoms. The van der Waals surface area contributed by atoms with Crippen LogP contribution in [-0.2, 0) is 4.79 Å². The van der Waals surface area contributed by atoms with Gasteiger partial charge >= 0.3 is 5.97 Å². The molecule has 0 fully saturated rings. The van der Waals surface area contributed by atoms with Gasteiger partial charge < -0.3 is 16.2 Å². The van der Waals surface area contributed by atoms with Crippen molar-refractivity contribution in [1.29, 1.82) is 0 Å². The van der Waals surface area contributed by atoms with E-state index in [1.807, 2.05) is 0 Å². The van der Waals surface area contributed by atoms with Gasteiger partial charge in [0, 0.05) is 6.20 Å². The molecule has 0 radical (unpaired) electrons. The highest BCUT2D eigenvalue weighted by molar-refractivity contribution is 5.92. The van der Waals surface area contributed by atoms with E-state index < -0.39 is 18.0 Å². The van der Waals surface area contributed by atoms with E-state index in [0.29, 0.717) is 0 Å². The van der Waals surface area contributed by atoms with E-state index >= 15 is 0 Å². The van der Waals surface area contributed by atoms with Crippen molar-refractivity contribution >= 4 is 11.9 Å². The molecule has 4 N–H and O–H groups in total. The quantitative estimate of drug-likeness (QED) is 0.546. The Morgan fingerprint density at radius 3 is 2.87 bits per heavy atom. The number of hydrogen-bond donors (Lipinski definition) is 3. The number of carbonyl (C=O) groups excluding carboxylic acids is 1. The summed E-state index contributed by atoms with van der Waals surface area (Å²) in [7, 11) is 0. The molecule has 0 aromatic carbocycles. The van der Waals surface area contributed by atoms with Gasteiger partial charge in [0.2, 0.25) is 0 Å². The van der Waals surface area contributed by atoms with Gasteiger partial charge in [0.05, 0.1) is 12.6 Å². The SMILES string of the molecule is NC(CC(=O)O)NC(=O)c1ccncn1. The normalized spacial score (nSPS) is 11.8. The maximum absolute atomic E-state index is 11.4. The van der Waals surface area contributed by atoms with Crippen molar-refractivity contribution < 1.29 is 14.7 Å². The van der Waals surface area contributed by atoms with E-state index in [4.69, 9.17) is 10.8 Å². The van der Waals surface area contributed by atoms with E-state index in [9.17, 15) is 9.59 Å². The van der Waals surface area contributed by atoms with E-state index in [1.54, 1.807) is 0 Å². The highest BCUT2D eigenvalue weighted by Gasteiger charge is 2.13. The summed E-state index contributed by atoms with van der Waals surface area (Å²) in [6.45, 7) is 0. The zero-order chi connectivity index (χ0) is 11.3. The van der Waals surface area contributed by atoms with Crippen LogP contribution in [0.15, 0.2) is 18.6 Å². The van der Waals surface area contributed by atoms with Crippen molar-refractivity contribution in [3.63, 3.8) is 0 Å². The highest BCUT2D eigenvalue weighted by Crippen LogP contribution is 1.92. The van der Waals surface area contributed by atoms with Crippen LogP contribution >= 0.6 is 0 Å². The number of nitrogens with two attached hydrogens (primary N) is 1. The number of nitrogens with zero attached hydrogens (tertiary/aromatic N) is 2. The predicted octanol–water partition coefficient (Wildman–Crippen LogP) is -1.03. The standard InChI is InChI=1S/C8H10N4O3/c9-6(3-7(13)14)12-8(15)5-1-2-10-4-11-5/h1-2,4,6H,3,9H2,(H,12,15)(H,13,14). The lowest BCUT2D eigenvalue weighted by Gasteiger charge is -2.10. The molecule has 1 aromatic heterocycles. The first kappa shape index (κ1) is 11.1. The Kier molecular flexibility index (Phi) is 3.69. The van der Waals surface area contributed by atoms with Gasteiger partial charge in [0.25, 0.3) is 5.91 Å². The molecule has 7 nitrogen and oxygen atoms in total. The van der Waals surface area contributed by atoms with Gasteiger partial charge in [-0.1, -0.05) is 0 Å². The van der Waals surface area contributed by atoms with Gasteiger partial charge in [0.15, 0.2) is 0 Å². The van der Waals surface area contributed by atoms with E-state index in [2.05, 4.69) is 15.3 Å². The Labute approximate surface area is 85.3 Å². The number of hydrogen-bond acceptors (Lipinski definition) is 5. The Balaban J connectivity index is 2.53. The number of carboxylic acids is 1. The highest BCUT2D eigenvalue weighted by atomic mass is 16.4. The molecule has 7 heteroatoms. The van der Waals surface area contributed by atoms with Crippen molar-refractivity contribution in [3.05, 3.63) is 24.3 Å². The maximum atomic E-state index is 11.4. The van der Waals surface area contributed by atoms with Crippen LogP contribution in [0.4, 0.5) is 0 Å². The lowest BCUT2D eigenvalue weighted by Crippen LogP contribution is -2.43. The summed E-state index contributed by atoms with van der Waals surface area (Å²) in [5, 5.41) is 10.7. The Hall–Kier alpha value is -2.02. The largest absolute Gasteiger partial charge is 0.481 e. The number of nitrogens with one attached hydrogen (secondary N) is 1. The summed E-state index contributed by atoms with van der Waals surface area (Å²) in [5.41, 5.74) is 5.50. The van der Waals surface area contributed by atoms with Crippen LogP contribution in [0.2, 0.25) is 0 Å². The summed E-state index contributed by atoms with van der Waals surface area (Å²) in [6.07, 6.45) is 1.36. The molecular formula is C8H10N4O3. The van der Waals surface area contributed by atoms with Crippen LogP contribution in [0.1, 0.15) is 16.9 Å². The Morgan fingerprint density at radius 2 is 2.33 bits per heavy atom. The fourth-order valence-corrected chi connectivity index (χ4v) is 0.906. The van der Waals surface area contributed by atoms with E-state index in [1.165, 1.54) is 18.6 Å². The fourth-order valence-electron chi connectivity index (χ4n) is 0.906. The molecule has 1 atom stereocenters. The molecule has 0 aliphatic carbocycles. The molecule has 0 aliphatic heterocycles. The van der Waals surface area contributed by atoms with Gasteiger partial charge in [-0.05, 0) is 6.07 Å². The predicted molar refractivity (Wildman–Crippen MR) is 49.7 cm³/mol. The molecule has 15 heavy (non-hydrogen) atoms. The zero-order valence-corrected chi connectivity index (χ0v) is 7.75. The van der Waals surface area contributed by atoms with Gasteiger partial charge in [-0.2, -0.15) is 0 Å². The molecule has 1 aromatic rings. The fraction of sp³-hybridized carbons (Fsp3) is 0.250. The minimum Gasteiger partial charge on any atom is -0.481 e. The Bertz CT molecular complexity index is 354. The lowest BCUT2D eigenvalue weighted by atomic mass is 10.3. The number of carboxylic acid groups (broad SMARTS) is 1. The van der Waals surface area contributed by atoms with Crippen molar-refractivity contribution in [3.8, 4) is 0 Å². The van der Waals surface area contributed by atoms with E-state index in [-0.39, 0.29) is 12.1 Å². The smallest absolute Gasteiger partial charge is 0.306 e. The molecule has 0 aliphatic rings. The topological polar surface area (TPSA) is 118 Å². The van der Waals surface area contributed by atoms with Crippen LogP contribution in [-0.4, -0.2) is 33.1 Å².